The third kappa shape index (κ3) is 4.95. The Bertz CT molecular complexity index is 1240. The molecule has 0 aliphatic carbocycles. The van der Waals surface area contributed by atoms with Gasteiger partial charge in [0.25, 0.3) is 0 Å². The number of ether oxygens (including phenoxy) is 1. The second-order valence-corrected chi connectivity index (χ2v) is 7.91. The summed E-state index contributed by atoms with van der Waals surface area (Å²) in [6, 6.07) is 13.7. The highest BCUT2D eigenvalue weighted by molar-refractivity contribution is 5.75. The Morgan fingerprint density at radius 1 is 1.03 bits per heavy atom. The Morgan fingerprint density at radius 3 is 2.45 bits per heavy atom. The lowest BCUT2D eigenvalue weighted by Gasteiger charge is -2.10. The van der Waals surface area contributed by atoms with Gasteiger partial charge in [0, 0.05) is 35.8 Å². The van der Waals surface area contributed by atoms with E-state index in [1.54, 1.807) is 18.0 Å². The van der Waals surface area contributed by atoms with Crippen LogP contribution in [0.1, 0.15) is 17.0 Å². The maximum atomic E-state index is 12.5. The molecule has 1 amide bonds. The summed E-state index contributed by atoms with van der Waals surface area (Å²) < 4.78 is 8.91. The average Bonchev–Trinajstić information content (AvgIpc) is 3.36. The lowest BCUT2D eigenvalue weighted by atomic mass is 10.1. The third-order valence-corrected chi connectivity index (χ3v) is 5.81. The molecule has 33 heavy (non-hydrogen) atoms. The number of methoxy groups -OCH3 is 1. The van der Waals surface area contributed by atoms with Crippen molar-refractivity contribution in [2.75, 3.05) is 13.7 Å². The summed E-state index contributed by atoms with van der Waals surface area (Å²) in [5, 5.41) is 12.2. The molecule has 1 aromatic carbocycles. The van der Waals surface area contributed by atoms with Crippen LogP contribution in [0, 0.1) is 20.8 Å². The van der Waals surface area contributed by atoms with E-state index in [1.807, 2.05) is 74.1 Å². The van der Waals surface area contributed by atoms with E-state index in [1.165, 1.54) is 0 Å². The van der Waals surface area contributed by atoms with Crippen LogP contribution < -0.4 is 10.1 Å². The first-order chi connectivity index (χ1) is 16.0. The van der Waals surface area contributed by atoms with Crippen LogP contribution in [0.25, 0.3) is 22.5 Å². The molecule has 3 aromatic heterocycles. The fourth-order valence-electron chi connectivity index (χ4n) is 3.67. The van der Waals surface area contributed by atoms with Gasteiger partial charge in [0.1, 0.15) is 12.3 Å². The van der Waals surface area contributed by atoms with Gasteiger partial charge in [-0.05, 0) is 68.8 Å². The summed E-state index contributed by atoms with van der Waals surface area (Å²) in [4.78, 5) is 16.7. The lowest BCUT2D eigenvalue weighted by molar-refractivity contribution is -0.121. The van der Waals surface area contributed by atoms with Crippen molar-refractivity contribution in [3.05, 3.63) is 71.8 Å². The highest BCUT2D eigenvalue weighted by Gasteiger charge is 2.14. The van der Waals surface area contributed by atoms with Crippen molar-refractivity contribution in [1.29, 1.82) is 0 Å². The molecule has 0 saturated carbocycles. The van der Waals surface area contributed by atoms with E-state index >= 15 is 0 Å². The van der Waals surface area contributed by atoms with Crippen molar-refractivity contribution in [2.45, 2.75) is 33.9 Å². The molecule has 0 atom stereocenters. The maximum Gasteiger partial charge on any atom is 0.241 e. The predicted molar refractivity (Wildman–Crippen MR) is 127 cm³/mol. The van der Waals surface area contributed by atoms with E-state index in [0.717, 1.165) is 45.2 Å². The number of carbonyl (C=O) groups excluding carboxylic acids is 1. The van der Waals surface area contributed by atoms with Crippen molar-refractivity contribution >= 4 is 5.91 Å². The number of hydrogen-bond acceptors (Lipinski definition) is 5. The van der Waals surface area contributed by atoms with Crippen LogP contribution in [0.15, 0.2) is 54.9 Å². The van der Waals surface area contributed by atoms with Crippen molar-refractivity contribution in [1.82, 2.24) is 29.9 Å². The molecule has 0 saturated heterocycles. The number of nitrogens with zero attached hydrogens (tertiary/aromatic N) is 5. The Labute approximate surface area is 193 Å². The minimum atomic E-state index is -0.0777. The van der Waals surface area contributed by atoms with Crippen LogP contribution in [0.4, 0.5) is 0 Å². The van der Waals surface area contributed by atoms with Gasteiger partial charge in [0.2, 0.25) is 5.91 Å². The van der Waals surface area contributed by atoms with E-state index < -0.39 is 0 Å². The molecule has 8 nitrogen and oxygen atoms in total. The van der Waals surface area contributed by atoms with Gasteiger partial charge in [0.05, 0.1) is 30.7 Å². The maximum absolute atomic E-state index is 12.5. The molecule has 0 aliphatic heterocycles. The number of carbonyl (C=O) groups is 1. The Balaban J connectivity index is 1.49. The van der Waals surface area contributed by atoms with Gasteiger partial charge < -0.3 is 10.1 Å². The molecule has 4 aromatic rings. The molecule has 8 heteroatoms. The normalized spacial score (nSPS) is 10.9. The molecule has 0 bridgehead atoms. The topological polar surface area (TPSA) is 86.9 Å². The Morgan fingerprint density at radius 2 is 1.82 bits per heavy atom. The first-order valence-electron chi connectivity index (χ1n) is 10.9. The van der Waals surface area contributed by atoms with E-state index in [4.69, 9.17) is 9.84 Å². The zero-order chi connectivity index (χ0) is 23.4. The molecular formula is C25H28N6O2. The molecule has 170 valence electrons. The highest BCUT2D eigenvalue weighted by atomic mass is 16.5. The molecule has 1 N–H and O–H groups in total. The second kappa shape index (κ2) is 9.68. The largest absolute Gasteiger partial charge is 0.497 e. The molecule has 0 unspecified atom stereocenters. The number of rotatable bonds is 8. The smallest absolute Gasteiger partial charge is 0.241 e. The summed E-state index contributed by atoms with van der Waals surface area (Å²) in [5.74, 6) is 0.720. The molecule has 0 aliphatic rings. The number of hydrogen-bond donors (Lipinski definition) is 1. The highest BCUT2D eigenvalue weighted by Crippen LogP contribution is 2.27. The lowest BCUT2D eigenvalue weighted by Crippen LogP contribution is -2.31. The number of aromatic nitrogens is 5. The van der Waals surface area contributed by atoms with Crippen molar-refractivity contribution in [2.24, 2.45) is 0 Å². The van der Waals surface area contributed by atoms with Crippen LogP contribution >= 0.6 is 0 Å². The minimum Gasteiger partial charge on any atom is -0.497 e. The first kappa shape index (κ1) is 22.3. The van der Waals surface area contributed by atoms with Crippen LogP contribution in [0.2, 0.25) is 0 Å². The van der Waals surface area contributed by atoms with E-state index in [9.17, 15) is 4.79 Å². The van der Waals surface area contributed by atoms with Crippen molar-refractivity contribution in [3.63, 3.8) is 0 Å². The van der Waals surface area contributed by atoms with Gasteiger partial charge in [-0.15, -0.1) is 0 Å². The standard InChI is InChI=1S/C25H28N6O2/c1-17-18(2)28-31(19(17)3)16-25(32)27-12-13-30-24(21-6-5-11-26-15-21)14-23(29-30)20-7-9-22(33-4)10-8-20/h5-11,14-15H,12-13,16H2,1-4H3,(H,27,32). The number of aryl methyl sites for hydroxylation is 1. The Hall–Kier alpha value is -3.94. The Kier molecular flexibility index (Phi) is 6.53. The van der Waals surface area contributed by atoms with Gasteiger partial charge in [-0.3, -0.25) is 19.1 Å². The molecule has 0 spiro atoms. The van der Waals surface area contributed by atoms with Gasteiger partial charge in [-0.25, -0.2) is 0 Å². The third-order valence-electron chi connectivity index (χ3n) is 5.81. The second-order valence-electron chi connectivity index (χ2n) is 7.91. The predicted octanol–water partition coefficient (Wildman–Crippen LogP) is 3.56. The van der Waals surface area contributed by atoms with Gasteiger partial charge >= 0.3 is 0 Å². The van der Waals surface area contributed by atoms with Gasteiger partial charge in [-0.1, -0.05) is 0 Å². The summed E-state index contributed by atoms with van der Waals surface area (Å²) in [6.07, 6.45) is 3.56. The van der Waals surface area contributed by atoms with Crippen LogP contribution in [0.5, 0.6) is 5.75 Å². The molecule has 3 heterocycles. The molecular weight excluding hydrogens is 416 g/mol. The summed E-state index contributed by atoms with van der Waals surface area (Å²) in [7, 11) is 1.65. The van der Waals surface area contributed by atoms with Crippen LogP contribution in [-0.2, 0) is 17.9 Å². The fraction of sp³-hybridized carbons (Fsp3) is 0.280. The average molecular weight is 445 g/mol. The zero-order valence-electron chi connectivity index (χ0n) is 19.4. The number of benzene rings is 1. The molecule has 4 rings (SSSR count). The summed E-state index contributed by atoms with van der Waals surface area (Å²) in [6.45, 7) is 7.13. The summed E-state index contributed by atoms with van der Waals surface area (Å²) >= 11 is 0. The van der Waals surface area contributed by atoms with E-state index in [2.05, 4.69) is 15.4 Å². The van der Waals surface area contributed by atoms with E-state index in [0.29, 0.717) is 13.1 Å². The first-order valence-corrected chi connectivity index (χ1v) is 10.9. The SMILES string of the molecule is COc1ccc(-c2cc(-c3cccnc3)n(CCNC(=O)Cn3nc(C)c(C)c3C)n2)cc1. The minimum absolute atomic E-state index is 0.0777. The van der Waals surface area contributed by atoms with Crippen LogP contribution in [-0.4, -0.2) is 44.1 Å². The van der Waals surface area contributed by atoms with Crippen LogP contribution in [0.3, 0.4) is 0 Å². The van der Waals surface area contributed by atoms with Crippen molar-refractivity contribution in [3.8, 4) is 28.3 Å². The zero-order valence-corrected chi connectivity index (χ0v) is 19.4. The number of amides is 1. The quantitative estimate of drug-likeness (QED) is 0.449. The number of pyridine rings is 1. The van der Waals surface area contributed by atoms with Gasteiger partial charge in [-0.2, -0.15) is 10.2 Å². The molecule has 0 fully saturated rings. The number of nitrogens with one attached hydrogen (secondary N) is 1. The monoisotopic (exact) mass is 444 g/mol. The summed E-state index contributed by atoms with van der Waals surface area (Å²) in [5.41, 5.74) is 6.82. The van der Waals surface area contributed by atoms with Crippen molar-refractivity contribution < 1.29 is 9.53 Å². The van der Waals surface area contributed by atoms with Gasteiger partial charge in [0.15, 0.2) is 0 Å². The fourth-order valence-corrected chi connectivity index (χ4v) is 3.67. The van der Waals surface area contributed by atoms with E-state index in [-0.39, 0.29) is 12.5 Å². The molecule has 0 radical (unpaired) electrons.